The summed E-state index contributed by atoms with van der Waals surface area (Å²) in [6.07, 6.45) is 0. The molecule has 3 heteroatoms. The van der Waals surface area contributed by atoms with Crippen LogP contribution in [0.5, 0.6) is 0 Å². The number of nitrogens with zero attached hydrogens (tertiary/aromatic N) is 1. The van der Waals surface area contributed by atoms with Crippen LogP contribution in [0, 0.1) is 6.92 Å². The van der Waals surface area contributed by atoms with Crippen LogP contribution in [-0.4, -0.2) is 25.7 Å². The van der Waals surface area contributed by atoms with Crippen LogP contribution in [0.2, 0.25) is 0 Å². The Morgan fingerprint density at radius 1 is 1.54 bits per heavy atom. The predicted molar refractivity (Wildman–Crippen MR) is 58.7 cm³/mol. The van der Waals surface area contributed by atoms with Crippen LogP contribution in [0.25, 0.3) is 0 Å². The molecule has 0 spiro atoms. The topological polar surface area (TPSA) is 15.3 Å². The maximum absolute atomic E-state index is 3.41. The fourth-order valence-electron chi connectivity index (χ4n) is 1.85. The summed E-state index contributed by atoms with van der Waals surface area (Å²) >= 11 is 1.80. The molecule has 72 valence electrons. The van der Waals surface area contributed by atoms with E-state index < -0.39 is 0 Å². The van der Waals surface area contributed by atoms with Crippen molar-refractivity contribution in [2.45, 2.75) is 19.9 Å². The molecule has 0 saturated carbocycles. The lowest BCUT2D eigenvalue weighted by atomic mass is 10.2. The zero-order valence-corrected chi connectivity index (χ0v) is 9.03. The first-order valence-electron chi connectivity index (χ1n) is 4.79. The molecule has 1 saturated heterocycles. The first-order valence-corrected chi connectivity index (χ1v) is 5.73. The molecular weight excluding hydrogens is 180 g/mol. The summed E-state index contributed by atoms with van der Waals surface area (Å²) in [6.45, 7) is 7.83. The Kier molecular flexibility index (Phi) is 2.56. The second-order valence-electron chi connectivity index (χ2n) is 3.69. The smallest absolute Gasteiger partial charge is 0.0507 e. The Morgan fingerprint density at radius 2 is 2.38 bits per heavy atom. The summed E-state index contributed by atoms with van der Waals surface area (Å²) in [6, 6.07) is 0.627. The number of thiophene rings is 1. The lowest BCUT2D eigenvalue weighted by Gasteiger charge is -2.35. The van der Waals surface area contributed by atoms with Gasteiger partial charge in [-0.2, -0.15) is 0 Å². The van der Waals surface area contributed by atoms with Gasteiger partial charge < -0.3 is 10.2 Å². The highest BCUT2D eigenvalue weighted by Crippen LogP contribution is 2.26. The zero-order chi connectivity index (χ0) is 9.26. The molecule has 1 unspecified atom stereocenters. The van der Waals surface area contributed by atoms with E-state index in [1.54, 1.807) is 11.3 Å². The summed E-state index contributed by atoms with van der Waals surface area (Å²) in [5.74, 6) is 0. The van der Waals surface area contributed by atoms with E-state index in [1.165, 1.54) is 11.3 Å². The predicted octanol–water partition coefficient (Wildman–Crippen LogP) is 1.85. The van der Waals surface area contributed by atoms with Crippen molar-refractivity contribution in [1.29, 1.82) is 0 Å². The lowest BCUT2D eigenvalue weighted by molar-refractivity contribution is 0.500. The van der Waals surface area contributed by atoms with E-state index in [9.17, 15) is 0 Å². The highest BCUT2D eigenvalue weighted by atomic mass is 32.1. The third-order valence-corrected chi connectivity index (χ3v) is 3.49. The summed E-state index contributed by atoms with van der Waals surface area (Å²) in [5, 5.41) is 7.89. The molecular formula is C10H16N2S. The van der Waals surface area contributed by atoms with Crippen molar-refractivity contribution in [3.63, 3.8) is 0 Å². The van der Waals surface area contributed by atoms with Gasteiger partial charge >= 0.3 is 0 Å². The Balaban J connectivity index is 2.19. The number of nitrogens with one attached hydrogen (secondary N) is 1. The van der Waals surface area contributed by atoms with E-state index in [-0.39, 0.29) is 0 Å². The molecule has 0 aromatic carbocycles. The highest BCUT2D eigenvalue weighted by molar-refractivity contribution is 7.08. The molecule has 2 nitrogen and oxygen atoms in total. The molecule has 0 bridgehead atoms. The minimum atomic E-state index is 0.627. The molecule has 1 aliphatic rings. The minimum absolute atomic E-state index is 0.627. The molecule has 1 aliphatic heterocycles. The van der Waals surface area contributed by atoms with Crippen LogP contribution in [0.3, 0.4) is 0 Å². The van der Waals surface area contributed by atoms with Crippen molar-refractivity contribution in [2.24, 2.45) is 0 Å². The maximum Gasteiger partial charge on any atom is 0.0507 e. The van der Waals surface area contributed by atoms with E-state index in [2.05, 4.69) is 34.8 Å². The van der Waals surface area contributed by atoms with Crippen LogP contribution in [-0.2, 0) is 0 Å². The van der Waals surface area contributed by atoms with Crippen molar-refractivity contribution >= 4 is 17.0 Å². The minimum Gasteiger partial charge on any atom is -0.365 e. The van der Waals surface area contributed by atoms with Crippen molar-refractivity contribution in [1.82, 2.24) is 5.32 Å². The molecule has 1 aromatic heterocycles. The first kappa shape index (κ1) is 9.03. The normalized spacial score (nSPS) is 23.5. The average Bonchev–Trinajstić information content (AvgIpc) is 2.52. The first-order chi connectivity index (χ1) is 6.29. The molecule has 0 radical (unpaired) electrons. The lowest BCUT2D eigenvalue weighted by Crippen LogP contribution is -2.50. The molecule has 13 heavy (non-hydrogen) atoms. The molecule has 2 heterocycles. The van der Waals surface area contributed by atoms with Crippen LogP contribution in [0.1, 0.15) is 12.5 Å². The summed E-state index contributed by atoms with van der Waals surface area (Å²) in [5.41, 5.74) is 2.85. The SMILES string of the molecule is Cc1cscc1N1CCNCC1C. The van der Waals surface area contributed by atoms with Crippen molar-refractivity contribution in [3.8, 4) is 0 Å². The zero-order valence-electron chi connectivity index (χ0n) is 8.21. The van der Waals surface area contributed by atoms with Crippen LogP contribution in [0.4, 0.5) is 5.69 Å². The van der Waals surface area contributed by atoms with Gasteiger partial charge in [0.1, 0.15) is 0 Å². The molecule has 1 aromatic rings. The molecule has 1 atom stereocenters. The van der Waals surface area contributed by atoms with Gasteiger partial charge in [0.2, 0.25) is 0 Å². The largest absolute Gasteiger partial charge is 0.365 e. The number of hydrogen-bond donors (Lipinski definition) is 1. The van der Waals surface area contributed by atoms with Gasteiger partial charge in [-0.3, -0.25) is 0 Å². The maximum atomic E-state index is 3.41. The van der Waals surface area contributed by atoms with Gasteiger partial charge in [-0.05, 0) is 24.8 Å². The molecule has 2 rings (SSSR count). The van der Waals surface area contributed by atoms with Crippen molar-refractivity contribution in [2.75, 3.05) is 24.5 Å². The average molecular weight is 196 g/mol. The third kappa shape index (κ3) is 1.71. The van der Waals surface area contributed by atoms with Crippen molar-refractivity contribution in [3.05, 3.63) is 16.3 Å². The van der Waals surface area contributed by atoms with Crippen LogP contribution >= 0.6 is 11.3 Å². The van der Waals surface area contributed by atoms with Gasteiger partial charge in [0, 0.05) is 31.1 Å². The van der Waals surface area contributed by atoms with Gasteiger partial charge in [0.05, 0.1) is 5.69 Å². The Morgan fingerprint density at radius 3 is 3.00 bits per heavy atom. The van der Waals surface area contributed by atoms with E-state index in [4.69, 9.17) is 0 Å². The summed E-state index contributed by atoms with van der Waals surface area (Å²) in [7, 11) is 0. The second-order valence-corrected chi connectivity index (χ2v) is 4.43. The second kappa shape index (κ2) is 3.68. The van der Waals surface area contributed by atoms with Gasteiger partial charge in [0.25, 0.3) is 0 Å². The van der Waals surface area contributed by atoms with Crippen molar-refractivity contribution < 1.29 is 0 Å². The number of piperazine rings is 1. The standard InChI is InChI=1S/C10H16N2S/c1-8-6-13-7-10(8)12-4-3-11-5-9(12)2/h6-7,9,11H,3-5H2,1-2H3. The number of aryl methyl sites for hydroxylation is 1. The fourth-order valence-corrected chi connectivity index (χ4v) is 2.69. The van der Waals surface area contributed by atoms with E-state index >= 15 is 0 Å². The van der Waals surface area contributed by atoms with Crippen LogP contribution < -0.4 is 10.2 Å². The number of anilines is 1. The Bertz CT molecular complexity index is 282. The Labute approximate surface area is 83.6 Å². The van der Waals surface area contributed by atoms with E-state index in [0.717, 1.165) is 19.6 Å². The number of rotatable bonds is 1. The quantitative estimate of drug-likeness (QED) is 0.737. The monoisotopic (exact) mass is 196 g/mol. The van der Waals surface area contributed by atoms with E-state index in [0.29, 0.717) is 6.04 Å². The van der Waals surface area contributed by atoms with Gasteiger partial charge in [-0.1, -0.05) is 0 Å². The third-order valence-electron chi connectivity index (χ3n) is 2.64. The molecule has 1 fully saturated rings. The summed E-state index contributed by atoms with van der Waals surface area (Å²) < 4.78 is 0. The number of hydrogen-bond acceptors (Lipinski definition) is 3. The highest BCUT2D eigenvalue weighted by Gasteiger charge is 2.19. The van der Waals surface area contributed by atoms with Gasteiger partial charge in [-0.15, -0.1) is 11.3 Å². The Hall–Kier alpha value is -0.540. The fraction of sp³-hybridized carbons (Fsp3) is 0.600. The summed E-state index contributed by atoms with van der Waals surface area (Å²) in [4.78, 5) is 2.50. The van der Waals surface area contributed by atoms with E-state index in [1.807, 2.05) is 0 Å². The molecule has 0 aliphatic carbocycles. The molecule has 1 N–H and O–H groups in total. The van der Waals surface area contributed by atoms with Gasteiger partial charge in [-0.25, -0.2) is 0 Å². The molecule has 0 amide bonds. The van der Waals surface area contributed by atoms with Gasteiger partial charge in [0.15, 0.2) is 0 Å². The van der Waals surface area contributed by atoms with Crippen LogP contribution in [0.15, 0.2) is 10.8 Å².